The number of carbonyl (C=O) groups excluding carboxylic acids is 1. The number of benzene rings is 1. The molecule has 0 unspecified atom stereocenters. The van der Waals surface area contributed by atoms with Gasteiger partial charge in [-0.15, -0.1) is 0 Å². The lowest BCUT2D eigenvalue weighted by molar-refractivity contribution is -0.129. The maximum Gasteiger partial charge on any atom is 0.363 e. The van der Waals surface area contributed by atoms with Crippen LogP contribution in [0.1, 0.15) is 36.6 Å². The number of hydrogen-bond donors (Lipinski definition) is 0. The van der Waals surface area contributed by atoms with Crippen molar-refractivity contribution in [1.29, 1.82) is 0 Å². The van der Waals surface area contributed by atoms with Crippen LogP contribution in [-0.4, -0.2) is 21.6 Å². The molecule has 0 fully saturated rings. The number of aromatic nitrogens is 2. The highest BCUT2D eigenvalue weighted by atomic mass is 35.5. The maximum atomic E-state index is 12.1. The molecule has 0 N–H and O–H groups in total. The molecular formula is C17H16ClN3O2. The summed E-state index contributed by atoms with van der Waals surface area (Å²) in [6.45, 7) is 4.10. The minimum Gasteiger partial charge on any atom is -0.402 e. The second-order valence-corrected chi connectivity index (χ2v) is 6.02. The molecule has 0 bridgehead atoms. The monoisotopic (exact) mass is 329 g/mol. The number of esters is 1. The summed E-state index contributed by atoms with van der Waals surface area (Å²) in [5, 5.41) is 4.91. The number of ether oxygens (including phenoxy) is 1. The average Bonchev–Trinajstić information content (AvgIpc) is 3.03. The van der Waals surface area contributed by atoms with Crippen molar-refractivity contribution in [3.63, 3.8) is 0 Å². The molecule has 2 aromatic rings. The van der Waals surface area contributed by atoms with Crippen molar-refractivity contribution in [2.24, 2.45) is 12.0 Å². The summed E-state index contributed by atoms with van der Waals surface area (Å²) in [4.78, 5) is 16.4. The van der Waals surface area contributed by atoms with Crippen LogP contribution >= 0.6 is 11.6 Å². The molecule has 1 aromatic heterocycles. The van der Waals surface area contributed by atoms with E-state index in [0.29, 0.717) is 10.6 Å². The predicted octanol–water partition coefficient (Wildman–Crippen LogP) is 3.54. The second kappa shape index (κ2) is 6.01. The lowest BCUT2D eigenvalue weighted by Crippen LogP contribution is -2.05. The Morgan fingerprint density at radius 3 is 2.74 bits per heavy atom. The third-order valence-electron chi connectivity index (χ3n) is 3.45. The Balaban J connectivity index is 2.01. The van der Waals surface area contributed by atoms with Crippen LogP contribution < -0.4 is 0 Å². The second-order valence-electron chi connectivity index (χ2n) is 5.61. The molecular weight excluding hydrogens is 314 g/mol. The highest BCUT2D eigenvalue weighted by Gasteiger charge is 2.26. The molecule has 2 heterocycles. The van der Waals surface area contributed by atoms with Gasteiger partial charge in [0.2, 0.25) is 5.90 Å². The number of aryl methyl sites for hydroxylation is 1. The number of rotatable bonds is 3. The molecule has 1 aromatic carbocycles. The Hall–Kier alpha value is -2.40. The quantitative estimate of drug-likeness (QED) is 0.639. The molecule has 0 saturated carbocycles. The molecule has 118 valence electrons. The summed E-state index contributed by atoms with van der Waals surface area (Å²) < 4.78 is 6.97. The Kier molecular flexibility index (Phi) is 4.05. The van der Waals surface area contributed by atoms with E-state index >= 15 is 0 Å². The van der Waals surface area contributed by atoms with Crippen molar-refractivity contribution in [1.82, 2.24) is 9.78 Å². The molecule has 0 amide bonds. The fourth-order valence-electron chi connectivity index (χ4n) is 2.39. The largest absolute Gasteiger partial charge is 0.402 e. The van der Waals surface area contributed by atoms with Crippen LogP contribution in [0.2, 0.25) is 5.02 Å². The molecule has 1 aliphatic heterocycles. The number of hydrogen-bond acceptors (Lipinski definition) is 4. The van der Waals surface area contributed by atoms with Crippen molar-refractivity contribution in [2.45, 2.75) is 19.8 Å². The smallest absolute Gasteiger partial charge is 0.363 e. The Labute approximate surface area is 139 Å². The number of halogens is 1. The number of aliphatic imine (C=N–C) groups is 1. The van der Waals surface area contributed by atoms with E-state index in [9.17, 15) is 4.79 Å². The van der Waals surface area contributed by atoms with Crippen LogP contribution in [0.3, 0.4) is 0 Å². The molecule has 3 rings (SSSR count). The highest BCUT2D eigenvalue weighted by molar-refractivity contribution is 6.34. The Morgan fingerprint density at radius 2 is 2.04 bits per heavy atom. The molecule has 23 heavy (non-hydrogen) atoms. The molecule has 0 radical (unpaired) electrons. The Bertz CT molecular complexity index is 834. The van der Waals surface area contributed by atoms with Crippen LogP contribution in [0.15, 0.2) is 41.2 Å². The van der Waals surface area contributed by atoms with E-state index in [2.05, 4.69) is 23.9 Å². The van der Waals surface area contributed by atoms with E-state index in [1.165, 1.54) is 0 Å². The van der Waals surface area contributed by atoms with Crippen molar-refractivity contribution in [2.75, 3.05) is 0 Å². The molecule has 5 nitrogen and oxygen atoms in total. The van der Waals surface area contributed by atoms with E-state index in [4.69, 9.17) is 16.3 Å². The van der Waals surface area contributed by atoms with E-state index in [-0.39, 0.29) is 17.5 Å². The van der Waals surface area contributed by atoms with Crippen LogP contribution in [0.5, 0.6) is 0 Å². The SMILES string of the molecule is CC(C)c1nn(C)cc1/C=C1/N=C(c2ccccc2Cl)OC1=O. The van der Waals surface area contributed by atoms with E-state index in [0.717, 1.165) is 11.3 Å². The average molecular weight is 330 g/mol. The third-order valence-corrected chi connectivity index (χ3v) is 3.78. The summed E-state index contributed by atoms with van der Waals surface area (Å²) >= 11 is 6.13. The van der Waals surface area contributed by atoms with E-state index < -0.39 is 5.97 Å². The molecule has 0 atom stereocenters. The Morgan fingerprint density at radius 1 is 1.30 bits per heavy atom. The van der Waals surface area contributed by atoms with Gasteiger partial charge in [-0.2, -0.15) is 5.10 Å². The van der Waals surface area contributed by atoms with Crippen LogP contribution in [-0.2, 0) is 16.6 Å². The molecule has 1 aliphatic rings. The zero-order valence-electron chi connectivity index (χ0n) is 13.1. The molecule has 6 heteroatoms. The fraction of sp³-hybridized carbons (Fsp3) is 0.235. The normalized spacial score (nSPS) is 16.1. The summed E-state index contributed by atoms with van der Waals surface area (Å²) in [6.07, 6.45) is 3.56. The van der Waals surface area contributed by atoms with E-state index in [1.807, 2.05) is 25.4 Å². The number of nitrogens with zero attached hydrogens (tertiary/aromatic N) is 3. The van der Waals surface area contributed by atoms with Crippen molar-refractivity contribution < 1.29 is 9.53 Å². The van der Waals surface area contributed by atoms with Gasteiger partial charge in [0, 0.05) is 18.8 Å². The summed E-state index contributed by atoms with van der Waals surface area (Å²) in [7, 11) is 1.85. The minimum absolute atomic E-state index is 0.224. The number of cyclic esters (lactones) is 1. The first-order valence-electron chi connectivity index (χ1n) is 7.26. The third kappa shape index (κ3) is 3.05. The van der Waals surface area contributed by atoms with Gasteiger partial charge < -0.3 is 4.74 Å². The van der Waals surface area contributed by atoms with Crippen LogP contribution in [0.4, 0.5) is 0 Å². The zero-order valence-corrected chi connectivity index (χ0v) is 13.8. The summed E-state index contributed by atoms with van der Waals surface area (Å²) in [5.41, 5.74) is 2.61. The fourth-order valence-corrected chi connectivity index (χ4v) is 2.61. The van der Waals surface area contributed by atoms with Gasteiger partial charge in [0.15, 0.2) is 5.70 Å². The summed E-state index contributed by atoms with van der Waals surface area (Å²) in [6, 6.07) is 7.12. The lowest BCUT2D eigenvalue weighted by Gasteiger charge is -2.01. The molecule has 0 saturated heterocycles. The highest BCUT2D eigenvalue weighted by Crippen LogP contribution is 2.25. The van der Waals surface area contributed by atoms with Gasteiger partial charge >= 0.3 is 5.97 Å². The van der Waals surface area contributed by atoms with Crippen molar-refractivity contribution >= 4 is 29.5 Å². The van der Waals surface area contributed by atoms with Crippen molar-refractivity contribution in [3.05, 3.63) is 58.0 Å². The number of carbonyl (C=O) groups is 1. The molecule has 0 spiro atoms. The minimum atomic E-state index is -0.488. The van der Waals surface area contributed by atoms with Gasteiger partial charge in [-0.1, -0.05) is 37.6 Å². The first kappa shape index (κ1) is 15.5. The first-order chi connectivity index (χ1) is 11.0. The molecule has 0 aliphatic carbocycles. The van der Waals surface area contributed by atoms with Gasteiger partial charge in [-0.25, -0.2) is 9.79 Å². The zero-order chi connectivity index (χ0) is 16.6. The topological polar surface area (TPSA) is 56.5 Å². The van der Waals surface area contributed by atoms with Gasteiger partial charge in [0.25, 0.3) is 0 Å². The predicted molar refractivity (Wildman–Crippen MR) is 89.4 cm³/mol. The first-order valence-corrected chi connectivity index (χ1v) is 7.64. The van der Waals surface area contributed by atoms with Gasteiger partial charge in [-0.05, 0) is 24.1 Å². The standard InChI is InChI=1S/C17H16ClN3O2/c1-10(2)15-11(9-21(3)20-15)8-14-17(22)23-16(19-14)12-6-4-5-7-13(12)18/h4-10H,1-3H3/b14-8+. The van der Waals surface area contributed by atoms with Gasteiger partial charge in [0.05, 0.1) is 16.3 Å². The van der Waals surface area contributed by atoms with E-state index in [1.54, 1.807) is 22.9 Å². The van der Waals surface area contributed by atoms with Crippen LogP contribution in [0.25, 0.3) is 6.08 Å². The maximum absolute atomic E-state index is 12.1. The van der Waals surface area contributed by atoms with Crippen molar-refractivity contribution in [3.8, 4) is 0 Å². The lowest BCUT2D eigenvalue weighted by atomic mass is 10.1. The van der Waals surface area contributed by atoms with Crippen LogP contribution in [0, 0.1) is 0 Å². The van der Waals surface area contributed by atoms with Gasteiger partial charge in [0.1, 0.15) is 0 Å². The van der Waals surface area contributed by atoms with Gasteiger partial charge in [-0.3, -0.25) is 4.68 Å². The summed E-state index contributed by atoms with van der Waals surface area (Å²) in [5.74, 6) is -0.0205.